The molecule has 1 heterocycles. The molecule has 120 valence electrons. The van der Waals surface area contributed by atoms with Crippen LogP contribution in [0.3, 0.4) is 0 Å². The summed E-state index contributed by atoms with van der Waals surface area (Å²) < 4.78 is 0. The van der Waals surface area contributed by atoms with Crippen LogP contribution in [0.25, 0.3) is 0 Å². The van der Waals surface area contributed by atoms with Gasteiger partial charge in [-0.3, -0.25) is 9.69 Å². The average Bonchev–Trinajstić information content (AvgIpc) is 2.55. The molecule has 0 radical (unpaired) electrons. The molecule has 1 aliphatic carbocycles. The molecule has 0 unspecified atom stereocenters. The minimum atomic E-state index is 0.0842. The molecule has 1 aliphatic heterocycles. The van der Waals surface area contributed by atoms with E-state index in [2.05, 4.69) is 29.3 Å². The molecule has 0 spiro atoms. The van der Waals surface area contributed by atoms with Gasteiger partial charge >= 0.3 is 0 Å². The van der Waals surface area contributed by atoms with Gasteiger partial charge in [0.2, 0.25) is 5.91 Å². The van der Waals surface area contributed by atoms with Crippen LogP contribution in [0.2, 0.25) is 0 Å². The minimum Gasteiger partial charge on any atom is -0.348 e. The molecule has 22 heavy (non-hydrogen) atoms. The first-order valence-corrected chi connectivity index (χ1v) is 8.79. The van der Waals surface area contributed by atoms with Crippen molar-refractivity contribution in [2.24, 2.45) is 11.8 Å². The van der Waals surface area contributed by atoms with Crippen molar-refractivity contribution in [3.8, 4) is 0 Å². The van der Waals surface area contributed by atoms with E-state index < -0.39 is 0 Å². The van der Waals surface area contributed by atoms with Crippen molar-refractivity contribution < 1.29 is 4.79 Å². The second-order valence-corrected chi connectivity index (χ2v) is 7.03. The predicted molar refractivity (Wildman–Crippen MR) is 89.5 cm³/mol. The average molecular weight is 300 g/mol. The number of likely N-dealkylation sites (tertiary alicyclic amines) is 1. The number of carbonyl (C=O) groups excluding carboxylic acids is 1. The quantitative estimate of drug-likeness (QED) is 0.924. The number of nitrogens with zero attached hydrogens (tertiary/aromatic N) is 1. The summed E-state index contributed by atoms with van der Waals surface area (Å²) in [6.07, 6.45) is 6.85. The highest BCUT2D eigenvalue weighted by atomic mass is 16.2. The lowest BCUT2D eigenvalue weighted by Crippen LogP contribution is -2.46. The van der Waals surface area contributed by atoms with Crippen LogP contribution in [0.5, 0.6) is 0 Å². The van der Waals surface area contributed by atoms with Gasteiger partial charge in [-0.05, 0) is 43.7 Å². The number of hydrogen-bond donors (Lipinski definition) is 1. The summed E-state index contributed by atoms with van der Waals surface area (Å²) in [6.45, 7) is 4.83. The molecule has 3 nitrogen and oxygen atoms in total. The van der Waals surface area contributed by atoms with Gasteiger partial charge in [-0.2, -0.15) is 0 Å². The molecule has 2 fully saturated rings. The summed E-state index contributed by atoms with van der Waals surface area (Å²) in [5.41, 5.74) is 1.17. The number of piperidine rings is 1. The fraction of sp³-hybridized carbons (Fsp3) is 0.632. The van der Waals surface area contributed by atoms with Crippen LogP contribution in [-0.4, -0.2) is 30.4 Å². The molecule has 1 saturated heterocycles. The highest BCUT2D eigenvalue weighted by Crippen LogP contribution is 2.35. The first-order valence-electron chi connectivity index (χ1n) is 8.79. The molecule has 1 aromatic carbocycles. The van der Waals surface area contributed by atoms with Crippen molar-refractivity contribution in [3.63, 3.8) is 0 Å². The zero-order valence-electron chi connectivity index (χ0n) is 13.6. The minimum absolute atomic E-state index is 0.0842. The lowest BCUT2D eigenvalue weighted by Gasteiger charge is -2.41. The third-order valence-electron chi connectivity index (χ3n) is 5.42. The zero-order valence-corrected chi connectivity index (χ0v) is 13.6. The monoisotopic (exact) mass is 300 g/mol. The Hall–Kier alpha value is -1.35. The molecule has 3 atom stereocenters. The molecule has 3 heteroatoms. The van der Waals surface area contributed by atoms with E-state index in [0.717, 1.165) is 24.9 Å². The van der Waals surface area contributed by atoms with Crippen LogP contribution in [0.1, 0.15) is 50.6 Å². The van der Waals surface area contributed by atoms with Crippen LogP contribution < -0.4 is 5.32 Å². The topological polar surface area (TPSA) is 32.3 Å². The third-order valence-corrected chi connectivity index (χ3v) is 5.42. The molecule has 0 aromatic heterocycles. The van der Waals surface area contributed by atoms with Crippen molar-refractivity contribution in [2.45, 2.75) is 45.1 Å². The highest BCUT2D eigenvalue weighted by molar-refractivity contribution is 5.78. The molecule has 1 saturated carbocycles. The van der Waals surface area contributed by atoms with Crippen molar-refractivity contribution in [1.82, 2.24) is 10.2 Å². The Labute approximate surface area is 134 Å². The molecule has 0 bridgehead atoms. The Balaban J connectivity index is 1.47. The third kappa shape index (κ3) is 3.89. The Morgan fingerprint density at radius 2 is 1.91 bits per heavy atom. The second-order valence-electron chi connectivity index (χ2n) is 7.03. The van der Waals surface area contributed by atoms with Gasteiger partial charge in [-0.15, -0.1) is 0 Å². The fourth-order valence-corrected chi connectivity index (χ4v) is 4.14. The van der Waals surface area contributed by atoms with Gasteiger partial charge < -0.3 is 5.32 Å². The van der Waals surface area contributed by atoms with E-state index in [9.17, 15) is 4.79 Å². The summed E-state index contributed by atoms with van der Waals surface area (Å²) in [6, 6.07) is 10.3. The maximum atomic E-state index is 12.3. The fourth-order valence-electron chi connectivity index (χ4n) is 4.14. The molecular weight excluding hydrogens is 272 g/mol. The maximum absolute atomic E-state index is 12.3. The Kier molecular flexibility index (Phi) is 5.14. The number of carbonyl (C=O) groups is 1. The number of amides is 1. The molecule has 3 rings (SSSR count). The smallest absolute Gasteiger partial charge is 0.234 e. The molecule has 1 N–H and O–H groups in total. The summed E-state index contributed by atoms with van der Waals surface area (Å²) in [5, 5.41) is 3.13. The van der Waals surface area contributed by atoms with Crippen molar-refractivity contribution in [1.29, 1.82) is 0 Å². The lowest BCUT2D eigenvalue weighted by atomic mass is 9.75. The van der Waals surface area contributed by atoms with E-state index in [1.54, 1.807) is 0 Å². The van der Waals surface area contributed by atoms with E-state index in [1.165, 1.54) is 37.7 Å². The van der Waals surface area contributed by atoms with E-state index in [1.807, 2.05) is 18.2 Å². The van der Waals surface area contributed by atoms with E-state index >= 15 is 0 Å². The highest BCUT2D eigenvalue weighted by Gasteiger charge is 2.31. The Morgan fingerprint density at radius 3 is 2.68 bits per heavy atom. The van der Waals surface area contributed by atoms with Crippen LogP contribution >= 0.6 is 0 Å². The molecule has 2 aliphatic rings. The number of nitrogens with one attached hydrogen (secondary N) is 1. The van der Waals surface area contributed by atoms with Gasteiger partial charge in [-0.1, -0.05) is 49.6 Å². The summed E-state index contributed by atoms with van der Waals surface area (Å²) >= 11 is 0. The van der Waals surface area contributed by atoms with Gasteiger partial charge in [0.05, 0.1) is 12.6 Å². The second kappa shape index (κ2) is 7.28. The zero-order chi connectivity index (χ0) is 15.4. The number of hydrogen-bond acceptors (Lipinski definition) is 2. The summed E-state index contributed by atoms with van der Waals surface area (Å²) in [5.74, 6) is 1.92. The van der Waals surface area contributed by atoms with Crippen LogP contribution in [0, 0.1) is 11.8 Å². The summed E-state index contributed by atoms with van der Waals surface area (Å²) in [7, 11) is 0. The van der Waals surface area contributed by atoms with Crippen LogP contribution in [0.15, 0.2) is 30.3 Å². The van der Waals surface area contributed by atoms with Gasteiger partial charge in [0.25, 0.3) is 0 Å². The summed E-state index contributed by atoms with van der Waals surface area (Å²) in [4.78, 5) is 14.7. The van der Waals surface area contributed by atoms with Crippen LogP contribution in [0.4, 0.5) is 0 Å². The first-order chi connectivity index (χ1) is 10.7. The normalized spacial score (nSPS) is 27.0. The van der Waals surface area contributed by atoms with Gasteiger partial charge in [0.1, 0.15) is 0 Å². The number of rotatable bonds is 4. The number of benzene rings is 1. The van der Waals surface area contributed by atoms with Crippen molar-refractivity contribution >= 4 is 5.91 Å². The SMILES string of the molecule is C[C@@H](NC(=O)CN1CC[C@@H]2CCCC[C@@H]2C1)c1ccccc1. The molecular formula is C19H28N2O. The number of fused-ring (bicyclic) bond motifs is 1. The predicted octanol–water partition coefficient (Wildman–Crippen LogP) is 3.38. The first kappa shape index (κ1) is 15.5. The van der Waals surface area contributed by atoms with Gasteiger partial charge in [0, 0.05) is 6.54 Å². The van der Waals surface area contributed by atoms with Crippen molar-refractivity contribution in [3.05, 3.63) is 35.9 Å². The Morgan fingerprint density at radius 1 is 1.18 bits per heavy atom. The van der Waals surface area contributed by atoms with E-state index in [4.69, 9.17) is 0 Å². The molecule has 1 amide bonds. The Bertz CT molecular complexity index is 487. The van der Waals surface area contributed by atoms with Crippen molar-refractivity contribution in [2.75, 3.05) is 19.6 Å². The van der Waals surface area contributed by atoms with Gasteiger partial charge in [-0.25, -0.2) is 0 Å². The lowest BCUT2D eigenvalue weighted by molar-refractivity contribution is -0.123. The van der Waals surface area contributed by atoms with Gasteiger partial charge in [0.15, 0.2) is 0 Å². The molecule has 1 aromatic rings. The van der Waals surface area contributed by atoms with Crippen LogP contribution in [-0.2, 0) is 4.79 Å². The maximum Gasteiger partial charge on any atom is 0.234 e. The largest absolute Gasteiger partial charge is 0.348 e. The van der Waals surface area contributed by atoms with E-state index in [-0.39, 0.29) is 11.9 Å². The standard InChI is InChI=1S/C19H28N2O/c1-15(16-7-3-2-4-8-16)20-19(22)14-21-12-11-17-9-5-6-10-18(17)13-21/h2-4,7-8,15,17-18H,5-6,9-14H2,1H3,(H,20,22)/t15-,17+,18-/m1/s1. The van der Waals surface area contributed by atoms with E-state index in [0.29, 0.717) is 6.54 Å².